The zero-order valence-corrected chi connectivity index (χ0v) is 21.9. The Labute approximate surface area is 225 Å². The van der Waals surface area contributed by atoms with E-state index < -0.39 is 17.9 Å². The lowest BCUT2D eigenvalue weighted by Gasteiger charge is -2.19. The second-order valence-electron chi connectivity index (χ2n) is 8.74. The van der Waals surface area contributed by atoms with Gasteiger partial charge in [-0.1, -0.05) is 23.7 Å². The first-order chi connectivity index (χ1) is 18.4. The summed E-state index contributed by atoms with van der Waals surface area (Å²) in [5.41, 5.74) is 7.38. The van der Waals surface area contributed by atoms with E-state index in [1.54, 1.807) is 24.3 Å². The summed E-state index contributed by atoms with van der Waals surface area (Å²) in [7, 11) is 1.26. The lowest BCUT2D eigenvalue weighted by atomic mass is 10.1. The van der Waals surface area contributed by atoms with Crippen molar-refractivity contribution in [1.29, 1.82) is 0 Å². The van der Waals surface area contributed by atoms with E-state index in [2.05, 4.69) is 30.9 Å². The average Bonchev–Trinajstić information content (AvgIpc) is 3.69. The number of nitrogens with zero attached hydrogens (tertiary/aromatic N) is 3. The summed E-state index contributed by atoms with van der Waals surface area (Å²) in [6.45, 7) is 2.48. The van der Waals surface area contributed by atoms with E-state index in [9.17, 15) is 9.59 Å². The maximum Gasteiger partial charge on any atom is 0.328 e. The molecule has 1 aliphatic rings. The summed E-state index contributed by atoms with van der Waals surface area (Å²) in [6, 6.07) is 13.7. The third kappa shape index (κ3) is 6.67. The first kappa shape index (κ1) is 27.1. The number of carbonyl (C=O) groups excluding carboxylic acids is 2. The molecule has 3 aromatic rings. The van der Waals surface area contributed by atoms with Crippen LogP contribution in [0, 0.1) is 0 Å². The molecule has 200 valence electrons. The van der Waals surface area contributed by atoms with Crippen LogP contribution in [-0.4, -0.2) is 53.1 Å². The van der Waals surface area contributed by atoms with Gasteiger partial charge in [-0.2, -0.15) is 15.0 Å². The van der Waals surface area contributed by atoms with Crippen LogP contribution in [-0.2, 0) is 15.1 Å². The van der Waals surface area contributed by atoms with Crippen molar-refractivity contribution in [1.82, 2.24) is 20.3 Å². The van der Waals surface area contributed by atoms with Gasteiger partial charge in [0.1, 0.15) is 6.04 Å². The van der Waals surface area contributed by atoms with Gasteiger partial charge in [0.05, 0.1) is 19.3 Å². The number of methoxy groups -OCH3 is 1. The molecular weight excluding hydrogens is 510 g/mol. The number of nitrogens with one attached hydrogen (secondary N) is 3. The highest BCUT2D eigenvalue weighted by Crippen LogP contribution is 2.48. The number of carbonyl (C=O) groups is 2. The molecule has 0 aliphatic heterocycles. The number of hydrogen-bond donors (Lipinski definition) is 4. The summed E-state index contributed by atoms with van der Waals surface area (Å²) < 4.78 is 10.3. The number of esters is 1. The predicted molar refractivity (Wildman–Crippen MR) is 144 cm³/mol. The van der Waals surface area contributed by atoms with Crippen molar-refractivity contribution in [3.63, 3.8) is 0 Å². The standard InChI is InChI=1S/C26H30ClN7O4/c1-3-38-25-32-23(31-24(33-25)34-26(13-14-26)17-6-8-18(27)9-7-17)29-19-10-4-16(5-11-19)21(35)30-20(12-15-28)22(36)37-2/h4-11,20H,3,12-15,28H2,1-2H3,(H,30,35)(H2,29,31,32,33,34)/t20-/m0/s1. The Morgan fingerprint density at radius 3 is 2.34 bits per heavy atom. The Morgan fingerprint density at radius 2 is 1.74 bits per heavy atom. The summed E-state index contributed by atoms with van der Waals surface area (Å²) in [5, 5.41) is 9.89. The Morgan fingerprint density at radius 1 is 1.05 bits per heavy atom. The van der Waals surface area contributed by atoms with Crippen molar-refractivity contribution >= 4 is 41.1 Å². The molecule has 5 N–H and O–H groups in total. The number of amides is 1. The van der Waals surface area contributed by atoms with Crippen molar-refractivity contribution in [2.75, 3.05) is 30.9 Å². The molecule has 1 heterocycles. The Kier molecular flexibility index (Phi) is 8.59. The van der Waals surface area contributed by atoms with Crippen molar-refractivity contribution < 1.29 is 19.1 Å². The maximum absolute atomic E-state index is 12.6. The Hall–Kier alpha value is -3.96. The van der Waals surface area contributed by atoms with Crippen LogP contribution in [0.1, 0.15) is 42.1 Å². The predicted octanol–water partition coefficient (Wildman–Crippen LogP) is 3.39. The van der Waals surface area contributed by atoms with Crippen LogP contribution in [0.3, 0.4) is 0 Å². The highest BCUT2D eigenvalue weighted by molar-refractivity contribution is 6.30. The van der Waals surface area contributed by atoms with Gasteiger partial charge in [0.2, 0.25) is 11.9 Å². The zero-order chi connectivity index (χ0) is 27.1. The van der Waals surface area contributed by atoms with E-state index in [4.69, 9.17) is 26.8 Å². The van der Waals surface area contributed by atoms with Crippen LogP contribution in [0.4, 0.5) is 17.6 Å². The number of nitrogens with two attached hydrogens (primary N) is 1. The first-order valence-electron chi connectivity index (χ1n) is 12.2. The van der Waals surface area contributed by atoms with Gasteiger partial charge in [0, 0.05) is 16.3 Å². The van der Waals surface area contributed by atoms with Gasteiger partial charge in [-0.3, -0.25) is 4.79 Å². The van der Waals surface area contributed by atoms with Gasteiger partial charge in [0.15, 0.2) is 0 Å². The minimum Gasteiger partial charge on any atom is -0.467 e. The molecule has 1 aromatic heterocycles. The zero-order valence-electron chi connectivity index (χ0n) is 21.2. The van der Waals surface area contributed by atoms with E-state index in [1.807, 2.05) is 31.2 Å². The second-order valence-corrected chi connectivity index (χ2v) is 9.18. The summed E-state index contributed by atoms with van der Waals surface area (Å²) in [4.78, 5) is 37.8. The van der Waals surface area contributed by atoms with Crippen LogP contribution in [0.5, 0.6) is 6.01 Å². The number of halogens is 1. The molecule has 2 aromatic carbocycles. The molecule has 11 nitrogen and oxygen atoms in total. The fourth-order valence-electron chi connectivity index (χ4n) is 3.89. The minimum atomic E-state index is -0.814. The SMILES string of the molecule is CCOc1nc(Nc2ccc(C(=O)N[C@@H](CCN)C(=O)OC)cc2)nc(NC2(c3ccc(Cl)cc3)CC2)n1. The van der Waals surface area contributed by atoms with E-state index >= 15 is 0 Å². The summed E-state index contributed by atoms with van der Waals surface area (Å²) >= 11 is 6.05. The summed E-state index contributed by atoms with van der Waals surface area (Å²) in [6.07, 6.45) is 2.13. The Bertz CT molecular complexity index is 1270. The third-order valence-corrected chi connectivity index (χ3v) is 6.29. The van der Waals surface area contributed by atoms with Crippen molar-refractivity contribution in [3.05, 3.63) is 64.7 Å². The molecule has 0 radical (unpaired) electrons. The van der Waals surface area contributed by atoms with E-state index in [1.165, 1.54) is 7.11 Å². The number of ether oxygens (including phenoxy) is 2. The van der Waals surface area contributed by atoms with Crippen molar-refractivity contribution in [2.24, 2.45) is 5.73 Å². The van der Waals surface area contributed by atoms with Gasteiger partial charge >= 0.3 is 12.0 Å². The fourth-order valence-corrected chi connectivity index (χ4v) is 4.02. The topological polar surface area (TPSA) is 153 Å². The summed E-state index contributed by atoms with van der Waals surface area (Å²) in [5.74, 6) is -0.301. The van der Waals surface area contributed by atoms with Gasteiger partial charge in [-0.25, -0.2) is 4.79 Å². The smallest absolute Gasteiger partial charge is 0.328 e. The van der Waals surface area contributed by atoms with Crippen LogP contribution >= 0.6 is 11.6 Å². The number of rotatable bonds is 12. The molecule has 0 saturated heterocycles. The van der Waals surface area contributed by atoms with Crippen molar-refractivity contribution in [3.8, 4) is 6.01 Å². The molecule has 38 heavy (non-hydrogen) atoms. The molecule has 1 saturated carbocycles. The largest absolute Gasteiger partial charge is 0.467 e. The van der Waals surface area contributed by atoms with Crippen LogP contribution < -0.4 is 26.4 Å². The molecule has 0 unspecified atom stereocenters. The molecule has 1 fully saturated rings. The second kappa shape index (κ2) is 12.1. The molecule has 1 atom stereocenters. The maximum atomic E-state index is 12.6. The lowest BCUT2D eigenvalue weighted by Crippen LogP contribution is -2.42. The molecule has 12 heteroatoms. The lowest BCUT2D eigenvalue weighted by molar-refractivity contribution is -0.143. The quantitative estimate of drug-likeness (QED) is 0.252. The highest BCUT2D eigenvalue weighted by Gasteiger charge is 2.45. The monoisotopic (exact) mass is 539 g/mol. The molecule has 1 aliphatic carbocycles. The number of benzene rings is 2. The molecule has 1 amide bonds. The molecule has 0 spiro atoms. The number of hydrogen-bond acceptors (Lipinski definition) is 10. The number of anilines is 3. The number of aromatic nitrogens is 3. The first-order valence-corrected chi connectivity index (χ1v) is 12.6. The fraction of sp³-hybridized carbons (Fsp3) is 0.346. The minimum absolute atomic E-state index is 0.184. The highest BCUT2D eigenvalue weighted by atomic mass is 35.5. The van der Waals surface area contributed by atoms with E-state index in [-0.39, 0.29) is 30.5 Å². The van der Waals surface area contributed by atoms with E-state index in [0.29, 0.717) is 28.8 Å². The van der Waals surface area contributed by atoms with Gasteiger partial charge in [-0.05, 0) is 74.7 Å². The van der Waals surface area contributed by atoms with Crippen LogP contribution in [0.2, 0.25) is 5.02 Å². The molecular formula is C26H30ClN7O4. The van der Waals surface area contributed by atoms with Gasteiger partial charge in [0.25, 0.3) is 5.91 Å². The Balaban J connectivity index is 1.48. The average molecular weight is 540 g/mol. The molecule has 4 rings (SSSR count). The van der Waals surface area contributed by atoms with E-state index in [0.717, 1.165) is 18.4 Å². The normalized spacial score (nSPS) is 14.2. The van der Waals surface area contributed by atoms with Gasteiger partial charge < -0.3 is 31.2 Å². The third-order valence-electron chi connectivity index (χ3n) is 6.04. The van der Waals surface area contributed by atoms with Crippen molar-refractivity contribution in [2.45, 2.75) is 37.8 Å². The van der Waals surface area contributed by atoms with Crippen LogP contribution in [0.15, 0.2) is 48.5 Å². The van der Waals surface area contributed by atoms with Crippen LogP contribution in [0.25, 0.3) is 0 Å². The van der Waals surface area contributed by atoms with Gasteiger partial charge in [-0.15, -0.1) is 0 Å². The molecule has 0 bridgehead atoms.